The molecular formula is C23H27N3O4S. The van der Waals surface area contributed by atoms with Crippen LogP contribution in [0.5, 0.6) is 0 Å². The molecule has 1 amide bonds. The number of aromatic nitrogens is 2. The molecule has 1 aliphatic heterocycles. The van der Waals surface area contributed by atoms with E-state index in [-0.39, 0.29) is 23.0 Å². The van der Waals surface area contributed by atoms with E-state index in [2.05, 4.69) is 10.4 Å². The van der Waals surface area contributed by atoms with Gasteiger partial charge in [-0.1, -0.05) is 12.1 Å². The van der Waals surface area contributed by atoms with Gasteiger partial charge in [-0.25, -0.2) is 8.42 Å². The average Bonchev–Trinajstić information content (AvgIpc) is 3.67. The van der Waals surface area contributed by atoms with Crippen LogP contribution in [0.1, 0.15) is 49.1 Å². The SMILES string of the molecule is Cn1ccc(NC(=O)C(=CC2CCOC2)c2ccc(S(=O)(=O)C3CC3)c(C3CC3)c2)n1. The summed E-state index contributed by atoms with van der Waals surface area (Å²) in [4.78, 5) is 13.7. The van der Waals surface area contributed by atoms with E-state index in [0.29, 0.717) is 29.5 Å². The number of rotatable bonds is 7. The summed E-state index contributed by atoms with van der Waals surface area (Å²) in [5.41, 5.74) is 2.15. The highest BCUT2D eigenvalue weighted by molar-refractivity contribution is 7.92. The van der Waals surface area contributed by atoms with Crippen LogP contribution in [0.4, 0.5) is 5.82 Å². The first-order valence-electron chi connectivity index (χ1n) is 10.9. The molecule has 0 spiro atoms. The molecule has 5 rings (SSSR count). The molecule has 164 valence electrons. The summed E-state index contributed by atoms with van der Waals surface area (Å²) in [7, 11) is -1.49. The van der Waals surface area contributed by atoms with Crippen molar-refractivity contribution in [2.75, 3.05) is 18.5 Å². The van der Waals surface area contributed by atoms with E-state index in [1.165, 1.54) is 0 Å². The van der Waals surface area contributed by atoms with Gasteiger partial charge in [-0.2, -0.15) is 5.10 Å². The number of aryl methyl sites for hydroxylation is 1. The van der Waals surface area contributed by atoms with Gasteiger partial charge < -0.3 is 10.1 Å². The quantitative estimate of drug-likeness (QED) is 0.666. The zero-order valence-corrected chi connectivity index (χ0v) is 18.4. The van der Waals surface area contributed by atoms with Crippen molar-refractivity contribution in [3.63, 3.8) is 0 Å². The fraction of sp³-hybridized carbons (Fsp3) is 0.478. The first-order valence-corrected chi connectivity index (χ1v) is 12.5. The van der Waals surface area contributed by atoms with Crippen molar-refractivity contribution in [3.05, 3.63) is 47.7 Å². The summed E-state index contributed by atoms with van der Waals surface area (Å²) in [6.45, 7) is 1.27. The fourth-order valence-corrected chi connectivity index (χ4v) is 6.06. The summed E-state index contributed by atoms with van der Waals surface area (Å²) in [6, 6.07) is 7.16. The molecule has 8 heteroatoms. The molecule has 2 saturated carbocycles. The maximum Gasteiger partial charge on any atom is 0.257 e. The van der Waals surface area contributed by atoms with Crippen LogP contribution in [0.2, 0.25) is 0 Å². The van der Waals surface area contributed by atoms with E-state index in [4.69, 9.17) is 4.74 Å². The molecule has 3 fully saturated rings. The van der Waals surface area contributed by atoms with E-state index in [1.54, 1.807) is 36.1 Å². The predicted molar refractivity (Wildman–Crippen MR) is 117 cm³/mol. The molecule has 1 aromatic heterocycles. The van der Waals surface area contributed by atoms with Gasteiger partial charge in [0.05, 0.1) is 16.8 Å². The standard InChI is InChI=1S/C23H27N3O4S/c1-26-10-8-22(25-26)24-23(27)20(12-15-9-11-30-14-15)17-4-7-21(19(13-17)16-2-3-16)31(28,29)18-5-6-18/h4,7-8,10,12-13,15-16,18H,2-3,5-6,9,11,14H2,1H3,(H,24,25,27). The zero-order chi connectivity index (χ0) is 21.6. The van der Waals surface area contributed by atoms with Gasteiger partial charge in [-0.15, -0.1) is 0 Å². The highest BCUT2D eigenvalue weighted by Crippen LogP contribution is 2.46. The Morgan fingerprint density at radius 3 is 2.61 bits per heavy atom. The van der Waals surface area contributed by atoms with Crippen molar-refractivity contribution in [3.8, 4) is 0 Å². The Bertz CT molecular complexity index is 1140. The summed E-state index contributed by atoms with van der Waals surface area (Å²) < 4.78 is 33.1. The number of ether oxygens (including phenoxy) is 1. The molecule has 1 atom stereocenters. The third-order valence-electron chi connectivity index (χ3n) is 6.17. The van der Waals surface area contributed by atoms with E-state index < -0.39 is 9.84 Å². The second kappa shape index (κ2) is 7.91. The Morgan fingerprint density at radius 2 is 2.00 bits per heavy atom. The van der Waals surface area contributed by atoms with Gasteiger partial charge in [0.1, 0.15) is 0 Å². The lowest BCUT2D eigenvalue weighted by atomic mass is 9.96. The maximum atomic E-state index is 13.2. The highest BCUT2D eigenvalue weighted by atomic mass is 32.2. The van der Waals surface area contributed by atoms with Gasteiger partial charge in [0.25, 0.3) is 5.91 Å². The minimum atomic E-state index is -3.29. The molecule has 1 saturated heterocycles. The Hall–Kier alpha value is -2.45. The minimum Gasteiger partial charge on any atom is -0.381 e. The second-order valence-electron chi connectivity index (χ2n) is 8.80. The first kappa shape index (κ1) is 20.5. The molecule has 1 unspecified atom stereocenters. The third-order valence-corrected chi connectivity index (χ3v) is 8.51. The molecule has 2 heterocycles. The number of carbonyl (C=O) groups is 1. The van der Waals surface area contributed by atoms with E-state index in [0.717, 1.165) is 43.2 Å². The minimum absolute atomic E-state index is 0.156. The van der Waals surface area contributed by atoms with Crippen LogP contribution >= 0.6 is 0 Å². The number of amides is 1. The van der Waals surface area contributed by atoms with Crippen LogP contribution in [0.25, 0.3) is 5.57 Å². The van der Waals surface area contributed by atoms with Crippen LogP contribution < -0.4 is 5.32 Å². The lowest BCUT2D eigenvalue weighted by Crippen LogP contribution is -2.16. The van der Waals surface area contributed by atoms with Crippen molar-refractivity contribution < 1.29 is 17.9 Å². The van der Waals surface area contributed by atoms with Crippen LogP contribution in [-0.2, 0) is 26.4 Å². The number of anilines is 1. The number of nitrogens with zero attached hydrogens (tertiary/aromatic N) is 2. The average molecular weight is 442 g/mol. The molecule has 31 heavy (non-hydrogen) atoms. The number of carbonyl (C=O) groups excluding carboxylic acids is 1. The van der Waals surface area contributed by atoms with Crippen molar-refractivity contribution in [2.45, 2.75) is 48.2 Å². The molecule has 0 radical (unpaired) electrons. The van der Waals surface area contributed by atoms with Gasteiger partial charge in [-0.05, 0) is 61.3 Å². The molecule has 1 aromatic carbocycles. The zero-order valence-electron chi connectivity index (χ0n) is 17.6. The molecule has 7 nitrogen and oxygen atoms in total. The lowest BCUT2D eigenvalue weighted by Gasteiger charge is -2.15. The van der Waals surface area contributed by atoms with E-state index >= 15 is 0 Å². The Balaban J connectivity index is 1.52. The molecule has 2 aromatic rings. The van der Waals surface area contributed by atoms with Crippen molar-refractivity contribution in [1.29, 1.82) is 0 Å². The monoisotopic (exact) mass is 441 g/mol. The number of hydrogen-bond donors (Lipinski definition) is 1. The Kier molecular flexibility index (Phi) is 5.22. The van der Waals surface area contributed by atoms with Gasteiger partial charge in [0.2, 0.25) is 0 Å². The molecule has 0 bridgehead atoms. The van der Waals surface area contributed by atoms with Gasteiger partial charge in [0, 0.05) is 37.4 Å². The van der Waals surface area contributed by atoms with Crippen molar-refractivity contribution in [2.24, 2.45) is 13.0 Å². The first-order chi connectivity index (χ1) is 14.9. The summed E-state index contributed by atoms with van der Waals surface area (Å²) >= 11 is 0. The third kappa shape index (κ3) is 4.32. The van der Waals surface area contributed by atoms with E-state index in [9.17, 15) is 13.2 Å². The largest absolute Gasteiger partial charge is 0.381 e. The summed E-state index contributed by atoms with van der Waals surface area (Å²) in [5.74, 6) is 0.656. The second-order valence-corrected chi connectivity index (χ2v) is 11.0. The molecule has 1 N–H and O–H groups in total. The van der Waals surface area contributed by atoms with Gasteiger partial charge in [-0.3, -0.25) is 9.48 Å². The highest BCUT2D eigenvalue weighted by Gasteiger charge is 2.40. The summed E-state index contributed by atoms with van der Waals surface area (Å²) in [5, 5.41) is 6.87. The van der Waals surface area contributed by atoms with Crippen LogP contribution in [0.15, 0.2) is 41.4 Å². The number of nitrogens with one attached hydrogen (secondary N) is 1. The predicted octanol–water partition coefficient (Wildman–Crippen LogP) is 3.29. The number of sulfone groups is 1. The molecular weight excluding hydrogens is 414 g/mol. The lowest BCUT2D eigenvalue weighted by molar-refractivity contribution is -0.111. The Morgan fingerprint density at radius 1 is 1.19 bits per heavy atom. The summed E-state index contributed by atoms with van der Waals surface area (Å²) in [6.07, 6.45) is 8.07. The van der Waals surface area contributed by atoms with Gasteiger partial charge >= 0.3 is 0 Å². The number of hydrogen-bond acceptors (Lipinski definition) is 5. The number of benzene rings is 1. The fourth-order valence-electron chi connectivity index (χ4n) is 4.13. The normalized spacial score (nSPS) is 22.0. The molecule has 3 aliphatic rings. The van der Waals surface area contributed by atoms with Crippen LogP contribution in [0, 0.1) is 5.92 Å². The van der Waals surface area contributed by atoms with Crippen LogP contribution in [-0.4, -0.2) is 42.6 Å². The maximum absolute atomic E-state index is 13.2. The van der Waals surface area contributed by atoms with Gasteiger partial charge in [0.15, 0.2) is 15.7 Å². The van der Waals surface area contributed by atoms with Crippen LogP contribution in [0.3, 0.4) is 0 Å². The smallest absolute Gasteiger partial charge is 0.257 e. The van der Waals surface area contributed by atoms with E-state index in [1.807, 2.05) is 12.1 Å². The Labute approximate surface area is 182 Å². The molecule has 2 aliphatic carbocycles. The topological polar surface area (TPSA) is 90.3 Å². The van der Waals surface area contributed by atoms with Crippen molar-refractivity contribution in [1.82, 2.24) is 9.78 Å². The van der Waals surface area contributed by atoms with Crippen molar-refractivity contribution >= 4 is 27.1 Å².